The number of benzene rings is 1. The molecule has 2 aromatic heterocycles. The highest BCUT2D eigenvalue weighted by Crippen LogP contribution is 2.43. The van der Waals surface area contributed by atoms with Crippen molar-refractivity contribution >= 4 is 17.5 Å². The van der Waals surface area contributed by atoms with E-state index in [4.69, 9.17) is 0 Å². The van der Waals surface area contributed by atoms with E-state index < -0.39 is 6.04 Å². The van der Waals surface area contributed by atoms with Gasteiger partial charge < -0.3 is 15.2 Å². The molecular weight excluding hydrogens is 464 g/mol. The number of nitrogens with zero attached hydrogens (tertiary/aromatic N) is 4. The molecule has 1 aromatic carbocycles. The van der Waals surface area contributed by atoms with Gasteiger partial charge in [0.2, 0.25) is 5.91 Å². The molecule has 2 aliphatic carbocycles. The topological polar surface area (TPSA) is 93.8 Å². The summed E-state index contributed by atoms with van der Waals surface area (Å²) in [4.78, 5) is 31.5. The van der Waals surface area contributed by atoms with Crippen molar-refractivity contribution in [3.63, 3.8) is 0 Å². The summed E-state index contributed by atoms with van der Waals surface area (Å²) in [6.07, 6.45) is 15.8. The minimum absolute atomic E-state index is 0.133. The third kappa shape index (κ3) is 5.63. The van der Waals surface area contributed by atoms with E-state index in [1.54, 1.807) is 30.3 Å². The van der Waals surface area contributed by atoms with Crippen LogP contribution < -0.4 is 10.6 Å². The lowest BCUT2D eigenvalue weighted by Crippen LogP contribution is -2.53. The number of rotatable bonds is 8. The van der Waals surface area contributed by atoms with Gasteiger partial charge in [0.05, 0.1) is 18.2 Å². The summed E-state index contributed by atoms with van der Waals surface area (Å²) in [5, 5.41) is 10.5. The second-order valence-electron chi connectivity index (χ2n) is 10.8. The quantitative estimate of drug-likeness (QED) is 0.456. The molecule has 0 spiro atoms. The van der Waals surface area contributed by atoms with Crippen molar-refractivity contribution in [1.82, 2.24) is 24.6 Å². The third-order valence-electron chi connectivity index (χ3n) is 8.41. The van der Waals surface area contributed by atoms with Crippen LogP contribution in [0.3, 0.4) is 0 Å². The van der Waals surface area contributed by atoms with E-state index in [2.05, 4.69) is 20.7 Å². The number of aromatic nitrogens is 4. The molecule has 2 aliphatic rings. The van der Waals surface area contributed by atoms with Gasteiger partial charge in [-0.1, -0.05) is 69.9 Å². The zero-order valence-corrected chi connectivity index (χ0v) is 21.9. The van der Waals surface area contributed by atoms with E-state index in [1.807, 2.05) is 42.1 Å². The number of nitrogens with one attached hydrogen (secondary N) is 2. The van der Waals surface area contributed by atoms with Gasteiger partial charge in [0.15, 0.2) is 0 Å². The smallest absolute Gasteiger partial charge is 0.270 e. The molecule has 2 atom stereocenters. The zero-order valence-electron chi connectivity index (χ0n) is 21.9. The van der Waals surface area contributed by atoms with Gasteiger partial charge in [-0.05, 0) is 41.5 Å². The normalized spacial score (nSPS) is 18.4. The van der Waals surface area contributed by atoms with Gasteiger partial charge in [-0.15, -0.1) is 0 Å². The molecule has 2 unspecified atom stereocenters. The fraction of sp³-hybridized carbons (Fsp3) is 0.517. The Morgan fingerprint density at radius 1 is 0.919 bits per heavy atom. The maximum Gasteiger partial charge on any atom is 0.270 e. The van der Waals surface area contributed by atoms with Crippen LogP contribution in [0.4, 0.5) is 5.69 Å². The summed E-state index contributed by atoms with van der Waals surface area (Å²) in [5.74, 6) is 0.662. The Morgan fingerprint density at radius 2 is 1.57 bits per heavy atom. The van der Waals surface area contributed by atoms with Crippen LogP contribution in [0.2, 0.25) is 0 Å². The summed E-state index contributed by atoms with van der Waals surface area (Å²) < 4.78 is 3.53. The van der Waals surface area contributed by atoms with E-state index in [9.17, 15) is 9.59 Å². The summed E-state index contributed by atoms with van der Waals surface area (Å²) in [7, 11) is 3.71. The lowest BCUT2D eigenvalue weighted by atomic mass is 9.69. The number of hydrogen-bond donors (Lipinski definition) is 2. The molecule has 5 rings (SSSR count). The van der Waals surface area contributed by atoms with Gasteiger partial charge in [-0.25, -0.2) is 4.98 Å². The van der Waals surface area contributed by atoms with E-state index in [1.165, 1.54) is 32.1 Å². The average Bonchev–Trinajstić information content (AvgIpc) is 3.68. The molecule has 2 N–H and O–H groups in total. The molecule has 8 heteroatoms. The van der Waals surface area contributed by atoms with Crippen molar-refractivity contribution in [2.45, 2.75) is 63.8 Å². The Labute approximate surface area is 218 Å². The molecule has 2 heterocycles. The molecule has 37 heavy (non-hydrogen) atoms. The molecule has 0 radical (unpaired) electrons. The SMILES string of the molecule is Cn1cncc1-c1ccc(NC(=O)C(NC(=O)c2ccnn2C)C(C2CCCCC2)C2CCCC2)cc1. The summed E-state index contributed by atoms with van der Waals surface area (Å²) in [6, 6.07) is 8.94. The molecule has 2 fully saturated rings. The van der Waals surface area contributed by atoms with Gasteiger partial charge in [0, 0.05) is 26.0 Å². The van der Waals surface area contributed by atoms with Crippen LogP contribution in [0.5, 0.6) is 0 Å². The van der Waals surface area contributed by atoms with Crippen LogP contribution in [0.1, 0.15) is 68.3 Å². The third-order valence-corrected chi connectivity index (χ3v) is 8.41. The maximum atomic E-state index is 13.9. The number of imidazole rings is 1. The second-order valence-corrected chi connectivity index (χ2v) is 10.8. The minimum atomic E-state index is -0.592. The number of hydrogen-bond acceptors (Lipinski definition) is 4. The van der Waals surface area contributed by atoms with E-state index in [0.29, 0.717) is 17.5 Å². The number of carbonyl (C=O) groups excluding carboxylic acids is 2. The largest absolute Gasteiger partial charge is 0.339 e. The van der Waals surface area contributed by atoms with Crippen LogP contribution in [0.25, 0.3) is 11.3 Å². The number of aryl methyl sites for hydroxylation is 2. The van der Waals surface area contributed by atoms with Crippen LogP contribution in [0, 0.1) is 17.8 Å². The highest BCUT2D eigenvalue weighted by atomic mass is 16.2. The monoisotopic (exact) mass is 502 g/mol. The van der Waals surface area contributed by atoms with E-state index in [-0.39, 0.29) is 17.7 Å². The second kappa shape index (κ2) is 11.3. The van der Waals surface area contributed by atoms with Crippen LogP contribution in [-0.2, 0) is 18.9 Å². The molecule has 0 aliphatic heterocycles. The molecule has 0 saturated heterocycles. The fourth-order valence-corrected chi connectivity index (χ4v) is 6.52. The van der Waals surface area contributed by atoms with Crippen LogP contribution in [-0.4, -0.2) is 37.2 Å². The predicted molar refractivity (Wildman–Crippen MR) is 144 cm³/mol. The number of carbonyl (C=O) groups is 2. The minimum Gasteiger partial charge on any atom is -0.339 e. The van der Waals surface area contributed by atoms with E-state index >= 15 is 0 Å². The number of amides is 2. The summed E-state index contributed by atoms with van der Waals surface area (Å²) in [6.45, 7) is 0. The Morgan fingerprint density at radius 3 is 2.14 bits per heavy atom. The van der Waals surface area contributed by atoms with Crippen molar-refractivity contribution in [2.24, 2.45) is 31.8 Å². The standard InChI is InChI=1S/C29H38N6O2/c1-34-19-30-18-25(34)20-12-14-23(15-13-20)32-29(37)27(33-28(36)24-16-17-31-35(24)2)26(22-10-6-7-11-22)21-8-4-3-5-9-21/h12-19,21-22,26-27H,3-11H2,1-2H3,(H,32,37)(H,33,36). The van der Waals surface area contributed by atoms with Gasteiger partial charge in [-0.2, -0.15) is 5.10 Å². The van der Waals surface area contributed by atoms with Crippen molar-refractivity contribution in [1.29, 1.82) is 0 Å². The molecular formula is C29H38N6O2. The molecule has 2 amide bonds. The molecule has 0 bridgehead atoms. The van der Waals surface area contributed by atoms with Gasteiger partial charge in [0.1, 0.15) is 11.7 Å². The fourth-order valence-electron chi connectivity index (χ4n) is 6.52. The lowest BCUT2D eigenvalue weighted by molar-refractivity contribution is -0.120. The number of anilines is 1. The maximum absolute atomic E-state index is 13.9. The van der Waals surface area contributed by atoms with E-state index in [0.717, 1.165) is 42.6 Å². The Kier molecular flexibility index (Phi) is 7.72. The molecule has 196 valence electrons. The molecule has 8 nitrogen and oxygen atoms in total. The average molecular weight is 503 g/mol. The van der Waals surface area contributed by atoms with Crippen molar-refractivity contribution < 1.29 is 9.59 Å². The highest BCUT2D eigenvalue weighted by Gasteiger charge is 2.42. The van der Waals surface area contributed by atoms with Gasteiger partial charge in [0.25, 0.3) is 5.91 Å². The Hall–Kier alpha value is -3.42. The van der Waals surface area contributed by atoms with Crippen LogP contribution >= 0.6 is 0 Å². The first-order valence-electron chi connectivity index (χ1n) is 13.7. The van der Waals surface area contributed by atoms with Crippen molar-refractivity contribution in [3.8, 4) is 11.3 Å². The first-order valence-corrected chi connectivity index (χ1v) is 13.7. The van der Waals surface area contributed by atoms with Crippen molar-refractivity contribution in [3.05, 3.63) is 54.7 Å². The van der Waals surface area contributed by atoms with Crippen LogP contribution in [0.15, 0.2) is 49.1 Å². The summed E-state index contributed by atoms with van der Waals surface area (Å²) >= 11 is 0. The Bertz CT molecular complexity index is 1200. The predicted octanol–water partition coefficient (Wildman–Crippen LogP) is 4.94. The van der Waals surface area contributed by atoms with Crippen molar-refractivity contribution in [2.75, 3.05) is 5.32 Å². The first-order chi connectivity index (χ1) is 18.0. The van der Waals surface area contributed by atoms with Gasteiger partial charge >= 0.3 is 0 Å². The molecule has 3 aromatic rings. The molecule has 2 saturated carbocycles. The summed E-state index contributed by atoms with van der Waals surface area (Å²) in [5.41, 5.74) is 3.24. The Balaban J connectivity index is 1.41. The zero-order chi connectivity index (χ0) is 25.8. The highest BCUT2D eigenvalue weighted by molar-refractivity contribution is 6.00. The lowest BCUT2D eigenvalue weighted by Gasteiger charge is -2.39. The first kappa shape index (κ1) is 25.2. The van der Waals surface area contributed by atoms with Gasteiger partial charge in [-0.3, -0.25) is 14.3 Å².